The van der Waals surface area contributed by atoms with E-state index in [1.807, 2.05) is 18.2 Å². The fraction of sp³-hybridized carbons (Fsp3) is 0.0588. The van der Waals surface area contributed by atoms with E-state index in [1.165, 1.54) is 17.4 Å². The fourth-order valence-corrected chi connectivity index (χ4v) is 3.14. The van der Waals surface area contributed by atoms with E-state index < -0.39 is 5.82 Å². The maximum absolute atomic E-state index is 14.0. The first kappa shape index (κ1) is 15.2. The van der Waals surface area contributed by atoms with Crippen molar-refractivity contribution in [3.05, 3.63) is 65.6 Å². The summed E-state index contributed by atoms with van der Waals surface area (Å²) in [7, 11) is 1.75. The number of halogens is 1. The van der Waals surface area contributed by atoms with Gasteiger partial charge in [-0.15, -0.1) is 0 Å². The molecule has 1 heterocycles. The lowest BCUT2D eigenvalue weighted by molar-refractivity contribution is 0.625. The molecule has 0 spiro atoms. The maximum atomic E-state index is 14.0. The summed E-state index contributed by atoms with van der Waals surface area (Å²) in [5, 5.41) is 11.8. The summed E-state index contributed by atoms with van der Waals surface area (Å²) in [6.07, 6.45) is 1.69. The first-order chi connectivity index (χ1) is 11.1. The van der Waals surface area contributed by atoms with Gasteiger partial charge in [0, 0.05) is 24.4 Å². The molecule has 0 aliphatic heterocycles. The minimum absolute atomic E-state index is 0.120. The molecule has 4 N–H and O–H groups in total. The second kappa shape index (κ2) is 6.18. The van der Waals surface area contributed by atoms with Crippen LogP contribution in [-0.2, 0) is 0 Å². The molecule has 0 saturated heterocycles. The highest BCUT2D eigenvalue weighted by molar-refractivity contribution is 7.22. The molecule has 0 fully saturated rings. The number of rotatable bonds is 4. The smallest absolute Gasteiger partial charge is 0.181 e. The molecule has 0 bridgehead atoms. The summed E-state index contributed by atoms with van der Waals surface area (Å²) >= 11 is 1.39. The zero-order chi connectivity index (χ0) is 16.4. The zero-order valence-electron chi connectivity index (χ0n) is 12.4. The molecule has 1 aromatic heterocycles. The number of fused-ring (bicyclic) bond motifs is 1. The number of allylic oxidation sites excluding steroid dienone is 1. The number of benzene rings is 2. The van der Waals surface area contributed by atoms with Gasteiger partial charge in [-0.05, 0) is 29.8 Å². The number of hydrogen-bond donors (Lipinski definition) is 3. The number of nitrogen functional groups attached to an aromatic ring is 1. The summed E-state index contributed by atoms with van der Waals surface area (Å²) in [4.78, 5) is 4.22. The van der Waals surface area contributed by atoms with E-state index >= 15 is 0 Å². The largest absolute Gasteiger partial charge is 0.393 e. The Bertz CT molecular complexity index is 914. The minimum atomic E-state index is -0.414. The molecule has 3 aromatic rings. The van der Waals surface area contributed by atoms with Gasteiger partial charge in [-0.1, -0.05) is 29.5 Å². The van der Waals surface area contributed by atoms with Crippen LogP contribution in [0.3, 0.4) is 0 Å². The van der Waals surface area contributed by atoms with Gasteiger partial charge in [-0.2, -0.15) is 0 Å². The third-order valence-corrected chi connectivity index (χ3v) is 4.26. The van der Waals surface area contributed by atoms with Gasteiger partial charge >= 0.3 is 0 Å². The van der Waals surface area contributed by atoms with Crippen molar-refractivity contribution >= 4 is 38.0 Å². The van der Waals surface area contributed by atoms with Gasteiger partial charge in [0.15, 0.2) is 5.13 Å². The first-order valence-electron chi connectivity index (χ1n) is 6.98. The predicted octanol–water partition coefficient (Wildman–Crippen LogP) is 3.65. The summed E-state index contributed by atoms with van der Waals surface area (Å²) in [5.41, 5.74) is 8.35. The van der Waals surface area contributed by atoms with Crippen LogP contribution in [0.15, 0.2) is 48.7 Å². The Hall–Kier alpha value is -2.73. The van der Waals surface area contributed by atoms with Crippen molar-refractivity contribution in [2.24, 2.45) is 0 Å². The third-order valence-electron chi connectivity index (χ3n) is 3.42. The van der Waals surface area contributed by atoms with Crippen LogP contribution in [0, 0.1) is 11.2 Å². The van der Waals surface area contributed by atoms with Crippen molar-refractivity contribution in [2.45, 2.75) is 0 Å². The molecule has 0 aliphatic rings. The lowest BCUT2D eigenvalue weighted by atomic mass is 9.96. The zero-order valence-corrected chi connectivity index (χ0v) is 13.2. The van der Waals surface area contributed by atoms with Crippen molar-refractivity contribution in [1.29, 1.82) is 5.41 Å². The molecular formula is C17H15FN4S. The highest BCUT2D eigenvalue weighted by atomic mass is 32.1. The van der Waals surface area contributed by atoms with E-state index in [1.54, 1.807) is 31.4 Å². The molecule has 0 atom stereocenters. The molecule has 6 heteroatoms. The molecule has 0 unspecified atom stereocenters. The Labute approximate surface area is 137 Å². The number of thiazole rings is 1. The van der Waals surface area contributed by atoms with Crippen molar-refractivity contribution < 1.29 is 4.39 Å². The average Bonchev–Trinajstić information content (AvgIpc) is 2.91. The van der Waals surface area contributed by atoms with Crippen molar-refractivity contribution in [2.75, 3.05) is 12.8 Å². The lowest BCUT2D eigenvalue weighted by Crippen LogP contribution is -2.08. The van der Waals surface area contributed by atoms with E-state index in [0.29, 0.717) is 10.7 Å². The number of nitrogens with one attached hydrogen (secondary N) is 2. The average molecular weight is 326 g/mol. The highest BCUT2D eigenvalue weighted by Gasteiger charge is 2.15. The second-order valence-electron chi connectivity index (χ2n) is 4.94. The summed E-state index contributed by atoms with van der Waals surface area (Å²) < 4.78 is 14.9. The monoisotopic (exact) mass is 326 g/mol. The molecule has 0 saturated carbocycles. The summed E-state index contributed by atoms with van der Waals surface area (Å²) in [6, 6.07) is 11.9. The van der Waals surface area contributed by atoms with Crippen molar-refractivity contribution in [3.8, 4) is 0 Å². The Balaban J connectivity index is 2.09. The van der Waals surface area contributed by atoms with E-state index in [-0.39, 0.29) is 11.3 Å². The van der Waals surface area contributed by atoms with Crippen molar-refractivity contribution in [3.63, 3.8) is 0 Å². The standard InChI is InChI=1S/C17H15FN4S/c1-21-9-12(16(19)11-4-2-3-5-13(11)18)10-6-7-14-15(8-10)23-17(20)22-14/h2-9,19,21H,1H3,(H2,20,22)/b12-9-,19-16?. The second-order valence-corrected chi connectivity index (χ2v) is 6.00. The number of anilines is 1. The number of aromatic nitrogens is 1. The molecule has 23 heavy (non-hydrogen) atoms. The van der Waals surface area contributed by atoms with Gasteiger partial charge in [-0.3, -0.25) is 5.41 Å². The van der Waals surface area contributed by atoms with E-state index in [0.717, 1.165) is 15.8 Å². The summed E-state index contributed by atoms with van der Waals surface area (Å²) in [5.74, 6) is -0.414. The molecule has 2 aromatic carbocycles. The Morgan fingerprint density at radius 2 is 2.09 bits per heavy atom. The molecule has 4 nitrogen and oxygen atoms in total. The van der Waals surface area contributed by atoms with Crippen LogP contribution in [0.5, 0.6) is 0 Å². The highest BCUT2D eigenvalue weighted by Crippen LogP contribution is 2.28. The maximum Gasteiger partial charge on any atom is 0.181 e. The molecule has 116 valence electrons. The number of hydrogen-bond acceptors (Lipinski definition) is 5. The van der Waals surface area contributed by atoms with Crippen LogP contribution in [0.4, 0.5) is 9.52 Å². The van der Waals surface area contributed by atoms with Crippen LogP contribution >= 0.6 is 11.3 Å². The van der Waals surface area contributed by atoms with E-state index in [2.05, 4.69) is 10.3 Å². The predicted molar refractivity (Wildman–Crippen MR) is 94.3 cm³/mol. The van der Waals surface area contributed by atoms with Crippen LogP contribution in [-0.4, -0.2) is 17.7 Å². The molecular weight excluding hydrogens is 311 g/mol. The van der Waals surface area contributed by atoms with Gasteiger partial charge in [0.25, 0.3) is 0 Å². The summed E-state index contributed by atoms with van der Waals surface area (Å²) in [6.45, 7) is 0. The number of nitrogens with zero attached hydrogens (tertiary/aromatic N) is 1. The van der Waals surface area contributed by atoms with Gasteiger partial charge in [0.05, 0.1) is 15.9 Å². The van der Waals surface area contributed by atoms with Gasteiger partial charge in [0.1, 0.15) is 5.82 Å². The van der Waals surface area contributed by atoms with E-state index in [9.17, 15) is 4.39 Å². The fourth-order valence-electron chi connectivity index (χ4n) is 2.36. The quantitative estimate of drug-likeness (QED) is 0.641. The van der Waals surface area contributed by atoms with Crippen LogP contribution in [0.1, 0.15) is 11.1 Å². The molecule has 3 rings (SSSR count). The van der Waals surface area contributed by atoms with Crippen LogP contribution in [0.2, 0.25) is 0 Å². The van der Waals surface area contributed by atoms with Gasteiger partial charge in [-0.25, -0.2) is 9.37 Å². The topological polar surface area (TPSA) is 74.8 Å². The normalized spacial score (nSPS) is 11.7. The third kappa shape index (κ3) is 2.93. The Morgan fingerprint density at radius 3 is 2.83 bits per heavy atom. The Morgan fingerprint density at radius 1 is 1.30 bits per heavy atom. The molecule has 0 radical (unpaired) electrons. The van der Waals surface area contributed by atoms with Crippen LogP contribution < -0.4 is 11.1 Å². The Kier molecular flexibility index (Phi) is 4.08. The lowest BCUT2D eigenvalue weighted by Gasteiger charge is -2.11. The number of nitrogens with two attached hydrogens (primary N) is 1. The van der Waals surface area contributed by atoms with E-state index in [4.69, 9.17) is 11.1 Å². The van der Waals surface area contributed by atoms with Crippen molar-refractivity contribution in [1.82, 2.24) is 10.3 Å². The first-order valence-corrected chi connectivity index (χ1v) is 7.79. The van der Waals surface area contributed by atoms with Gasteiger partial charge in [0.2, 0.25) is 0 Å². The van der Waals surface area contributed by atoms with Crippen LogP contribution in [0.25, 0.3) is 15.8 Å². The SMILES string of the molecule is CN/C=C(\C(=N)c1ccccc1F)c1ccc2nc(N)sc2c1. The molecule has 0 aliphatic carbocycles. The molecule has 0 amide bonds. The minimum Gasteiger partial charge on any atom is -0.393 e. The van der Waals surface area contributed by atoms with Gasteiger partial charge < -0.3 is 11.1 Å².